The van der Waals surface area contributed by atoms with Crippen LogP contribution in [0.3, 0.4) is 0 Å². The van der Waals surface area contributed by atoms with Gasteiger partial charge < -0.3 is 15.5 Å². The molecule has 0 spiro atoms. The van der Waals surface area contributed by atoms with Crippen molar-refractivity contribution < 1.29 is 9.53 Å². The highest BCUT2D eigenvalue weighted by atomic mass is 16.6. The summed E-state index contributed by atoms with van der Waals surface area (Å²) in [6.45, 7) is 6.94. The van der Waals surface area contributed by atoms with Gasteiger partial charge in [0.25, 0.3) is 0 Å². The van der Waals surface area contributed by atoms with Gasteiger partial charge in [-0.05, 0) is 39.3 Å². The van der Waals surface area contributed by atoms with Crippen LogP contribution in [-0.2, 0) is 4.74 Å². The number of amides is 1. The molecule has 1 amide bonds. The number of hydrogen-bond donors (Lipinski definition) is 2. The molecule has 1 rings (SSSR count). The zero-order valence-electron chi connectivity index (χ0n) is 10.7. The number of nitrogens with one attached hydrogen (secondary N) is 2. The Labute approximate surface area is 102 Å². The van der Waals surface area contributed by atoms with E-state index in [9.17, 15) is 4.79 Å². The van der Waals surface area contributed by atoms with E-state index in [0.717, 1.165) is 13.0 Å². The van der Waals surface area contributed by atoms with Crippen LogP contribution < -0.4 is 10.7 Å². The van der Waals surface area contributed by atoms with Crippen LogP contribution in [0.4, 0.5) is 4.79 Å². The quantitative estimate of drug-likeness (QED) is 0.772. The van der Waals surface area contributed by atoms with Crippen LogP contribution in [0, 0.1) is 0 Å². The fraction of sp³-hybridized carbons (Fsp3) is 0.583. The zero-order chi connectivity index (χ0) is 12.7. The third-order valence-corrected chi connectivity index (χ3v) is 1.92. The summed E-state index contributed by atoms with van der Waals surface area (Å²) in [6.07, 6.45) is 4.35. The second kappa shape index (κ2) is 6.18. The summed E-state index contributed by atoms with van der Waals surface area (Å²) in [5.74, 6) is 0. The van der Waals surface area contributed by atoms with Gasteiger partial charge >= 0.3 is 6.09 Å². The lowest BCUT2D eigenvalue weighted by Crippen LogP contribution is -2.33. The summed E-state index contributed by atoms with van der Waals surface area (Å²) in [4.78, 5) is 11.3. The summed E-state index contributed by atoms with van der Waals surface area (Å²) < 4.78 is 7.00. The van der Waals surface area contributed by atoms with Crippen LogP contribution >= 0.6 is 0 Å². The number of ether oxygens (including phenoxy) is 1. The normalized spacial score (nSPS) is 11.0. The predicted molar refractivity (Wildman–Crippen MR) is 67.5 cm³/mol. The summed E-state index contributed by atoms with van der Waals surface area (Å²) in [5.41, 5.74) is 2.73. The number of carbonyl (C=O) groups excluding carboxylic acids is 1. The molecular weight excluding hydrogens is 218 g/mol. The molecule has 1 aromatic heterocycles. The van der Waals surface area contributed by atoms with Gasteiger partial charge in [0.15, 0.2) is 0 Å². The molecule has 0 saturated heterocycles. The lowest BCUT2D eigenvalue weighted by atomic mass is 10.2. The molecule has 0 aliphatic rings. The molecule has 0 fully saturated rings. The van der Waals surface area contributed by atoms with Crippen molar-refractivity contribution in [2.45, 2.75) is 32.8 Å². The third kappa shape index (κ3) is 6.50. The van der Waals surface area contributed by atoms with Gasteiger partial charge in [-0.25, -0.2) is 4.79 Å². The molecule has 0 aliphatic heterocycles. The molecule has 5 nitrogen and oxygen atoms in total. The molecule has 0 atom stereocenters. The number of hydrogen-bond acceptors (Lipinski definition) is 3. The van der Waals surface area contributed by atoms with Gasteiger partial charge in [0.05, 0.1) is 0 Å². The predicted octanol–water partition coefficient (Wildman–Crippen LogP) is 1.95. The Morgan fingerprint density at radius 3 is 2.47 bits per heavy atom. The molecule has 0 aromatic carbocycles. The molecule has 1 aromatic rings. The number of rotatable bonds is 5. The largest absolute Gasteiger partial charge is 0.444 e. The van der Waals surface area contributed by atoms with Gasteiger partial charge in [-0.3, -0.25) is 4.68 Å². The monoisotopic (exact) mass is 239 g/mol. The van der Waals surface area contributed by atoms with E-state index in [0.29, 0.717) is 6.54 Å². The Hall–Kier alpha value is -1.65. The van der Waals surface area contributed by atoms with Gasteiger partial charge in [0.2, 0.25) is 0 Å². The highest BCUT2D eigenvalue weighted by molar-refractivity contribution is 5.67. The standard InChI is InChI=1S/C12H21N3O2/c1-12(2,3)17-11(16)13-7-6-8-14-15-9-4-5-10-15/h4-5,9-10,14H,6-8H2,1-3H3,(H,13,16). The summed E-state index contributed by atoms with van der Waals surface area (Å²) in [6, 6.07) is 3.90. The topological polar surface area (TPSA) is 55.3 Å². The van der Waals surface area contributed by atoms with E-state index in [4.69, 9.17) is 4.74 Å². The van der Waals surface area contributed by atoms with Crippen molar-refractivity contribution in [2.75, 3.05) is 18.5 Å². The van der Waals surface area contributed by atoms with Crippen molar-refractivity contribution >= 4 is 6.09 Å². The molecule has 0 aliphatic carbocycles. The fourth-order valence-corrected chi connectivity index (χ4v) is 1.24. The minimum Gasteiger partial charge on any atom is -0.444 e. The molecule has 0 saturated carbocycles. The second-order valence-corrected chi connectivity index (χ2v) is 4.78. The Bertz CT molecular complexity index is 328. The molecule has 0 bridgehead atoms. The number of nitrogens with zero attached hydrogens (tertiary/aromatic N) is 1. The fourth-order valence-electron chi connectivity index (χ4n) is 1.24. The van der Waals surface area contributed by atoms with E-state index in [1.165, 1.54) is 0 Å². The van der Waals surface area contributed by atoms with Gasteiger partial charge in [-0.1, -0.05) is 0 Å². The van der Waals surface area contributed by atoms with E-state index in [2.05, 4.69) is 10.7 Å². The lowest BCUT2D eigenvalue weighted by molar-refractivity contribution is 0.0527. The summed E-state index contributed by atoms with van der Waals surface area (Å²) in [7, 11) is 0. The molecule has 0 unspecified atom stereocenters. The lowest BCUT2D eigenvalue weighted by Gasteiger charge is -2.19. The first-order valence-corrected chi connectivity index (χ1v) is 5.81. The number of alkyl carbamates (subject to hydrolysis) is 1. The molecule has 2 N–H and O–H groups in total. The molecule has 96 valence electrons. The van der Waals surface area contributed by atoms with Crippen molar-refractivity contribution in [3.05, 3.63) is 24.5 Å². The minimum absolute atomic E-state index is 0.363. The maximum atomic E-state index is 11.3. The van der Waals surface area contributed by atoms with Gasteiger partial charge in [-0.2, -0.15) is 0 Å². The number of carbonyl (C=O) groups is 1. The van der Waals surface area contributed by atoms with Gasteiger partial charge in [0.1, 0.15) is 5.60 Å². The van der Waals surface area contributed by atoms with Crippen molar-refractivity contribution in [3.63, 3.8) is 0 Å². The van der Waals surface area contributed by atoms with E-state index in [1.807, 2.05) is 50.0 Å². The van der Waals surface area contributed by atoms with Gasteiger partial charge in [-0.15, -0.1) is 0 Å². The van der Waals surface area contributed by atoms with E-state index in [-0.39, 0.29) is 6.09 Å². The maximum absolute atomic E-state index is 11.3. The molecule has 5 heteroatoms. The highest BCUT2D eigenvalue weighted by Crippen LogP contribution is 2.06. The van der Waals surface area contributed by atoms with Crippen LogP contribution in [-0.4, -0.2) is 29.5 Å². The first-order chi connectivity index (χ1) is 7.97. The van der Waals surface area contributed by atoms with E-state index in [1.54, 1.807) is 0 Å². The first-order valence-electron chi connectivity index (χ1n) is 5.81. The molecule has 0 radical (unpaired) electrons. The molecular formula is C12H21N3O2. The van der Waals surface area contributed by atoms with Crippen LogP contribution in [0.5, 0.6) is 0 Å². The van der Waals surface area contributed by atoms with Crippen molar-refractivity contribution in [3.8, 4) is 0 Å². The smallest absolute Gasteiger partial charge is 0.407 e. The maximum Gasteiger partial charge on any atom is 0.407 e. The minimum atomic E-state index is -0.437. The molecule has 1 heterocycles. The number of aromatic nitrogens is 1. The SMILES string of the molecule is CC(C)(C)OC(=O)NCCCNn1cccc1. The highest BCUT2D eigenvalue weighted by Gasteiger charge is 2.15. The Morgan fingerprint density at radius 1 is 1.24 bits per heavy atom. The average molecular weight is 239 g/mol. The van der Waals surface area contributed by atoms with Crippen molar-refractivity contribution in [2.24, 2.45) is 0 Å². The summed E-state index contributed by atoms with van der Waals surface area (Å²) in [5, 5.41) is 2.71. The van der Waals surface area contributed by atoms with Crippen LogP contribution in [0.2, 0.25) is 0 Å². The van der Waals surface area contributed by atoms with Crippen molar-refractivity contribution in [1.82, 2.24) is 9.99 Å². The second-order valence-electron chi connectivity index (χ2n) is 4.78. The van der Waals surface area contributed by atoms with E-state index < -0.39 is 5.60 Å². The average Bonchev–Trinajstić information content (AvgIpc) is 2.67. The van der Waals surface area contributed by atoms with Crippen LogP contribution in [0.25, 0.3) is 0 Å². The summed E-state index contributed by atoms with van der Waals surface area (Å²) >= 11 is 0. The Balaban J connectivity index is 2.02. The Morgan fingerprint density at radius 2 is 1.88 bits per heavy atom. The van der Waals surface area contributed by atoms with E-state index >= 15 is 0 Å². The first kappa shape index (κ1) is 13.4. The third-order valence-electron chi connectivity index (χ3n) is 1.92. The molecule has 17 heavy (non-hydrogen) atoms. The zero-order valence-corrected chi connectivity index (χ0v) is 10.7. The van der Waals surface area contributed by atoms with Crippen molar-refractivity contribution in [1.29, 1.82) is 0 Å². The Kier molecular flexibility index (Phi) is 4.87. The van der Waals surface area contributed by atoms with Crippen LogP contribution in [0.15, 0.2) is 24.5 Å². The van der Waals surface area contributed by atoms with Gasteiger partial charge in [0, 0.05) is 25.5 Å². The van der Waals surface area contributed by atoms with Crippen LogP contribution in [0.1, 0.15) is 27.2 Å².